The van der Waals surface area contributed by atoms with Gasteiger partial charge in [0.2, 0.25) is 0 Å². The molecule has 0 bridgehead atoms. The van der Waals surface area contributed by atoms with Crippen LogP contribution in [0.3, 0.4) is 0 Å². The van der Waals surface area contributed by atoms with E-state index in [1.807, 2.05) is 0 Å². The smallest absolute Gasteiger partial charge is 0.270 e. The Bertz CT molecular complexity index is 464. The topological polar surface area (TPSA) is 92.5 Å². The number of rotatable bonds is 5. The lowest BCUT2D eigenvalue weighted by atomic mass is 10.1. The first kappa shape index (κ1) is 14.4. The summed E-state index contributed by atoms with van der Waals surface area (Å²) in [5.41, 5.74) is 0.00711. The minimum atomic E-state index is -0.582. The third-order valence-electron chi connectivity index (χ3n) is 2.33. The average molecular weight is 273 g/mol. The van der Waals surface area contributed by atoms with Crippen LogP contribution in [0, 0.1) is 16.0 Å². The highest BCUT2D eigenvalue weighted by Gasteiger charge is 2.15. The second-order valence-corrected chi connectivity index (χ2v) is 4.33. The van der Waals surface area contributed by atoms with E-state index >= 15 is 0 Å². The molecule has 0 spiro atoms. The molecule has 1 rings (SSSR count). The molecule has 0 heterocycles. The van der Waals surface area contributed by atoms with Crippen molar-refractivity contribution < 1.29 is 14.8 Å². The summed E-state index contributed by atoms with van der Waals surface area (Å²) in [7, 11) is 0. The molecule has 0 aliphatic carbocycles. The van der Waals surface area contributed by atoms with Crippen LogP contribution < -0.4 is 5.32 Å². The van der Waals surface area contributed by atoms with Gasteiger partial charge in [0.25, 0.3) is 11.6 Å². The molecule has 0 aliphatic rings. The van der Waals surface area contributed by atoms with Crippen molar-refractivity contribution in [3.8, 4) is 0 Å². The van der Waals surface area contributed by atoms with Crippen LogP contribution >= 0.6 is 11.6 Å². The molecule has 6 nitrogen and oxygen atoms in total. The number of nitrogens with one attached hydrogen (secondary N) is 1. The Balaban J connectivity index is 2.78. The second kappa shape index (κ2) is 6.32. The molecular formula is C11H13ClN2O4. The minimum absolute atomic E-state index is 0.0263. The van der Waals surface area contributed by atoms with Gasteiger partial charge < -0.3 is 10.4 Å². The van der Waals surface area contributed by atoms with Gasteiger partial charge in [0, 0.05) is 25.3 Å². The number of carbonyl (C=O) groups is 1. The van der Waals surface area contributed by atoms with Crippen LogP contribution in [0.5, 0.6) is 0 Å². The van der Waals surface area contributed by atoms with E-state index in [2.05, 4.69) is 5.32 Å². The first-order chi connectivity index (χ1) is 8.45. The molecule has 2 N–H and O–H groups in total. The summed E-state index contributed by atoms with van der Waals surface area (Å²) in [5, 5.41) is 21.9. The zero-order valence-corrected chi connectivity index (χ0v) is 10.5. The van der Waals surface area contributed by atoms with Crippen molar-refractivity contribution in [1.82, 2.24) is 5.32 Å². The number of aliphatic hydroxyl groups is 1. The molecule has 1 atom stereocenters. The summed E-state index contributed by atoms with van der Waals surface area (Å²) in [4.78, 5) is 21.6. The molecule has 1 aromatic carbocycles. The standard InChI is InChI=1S/C11H13ClN2O4/c1-7(6-15)5-13-11(16)9-3-2-8(14(17)18)4-10(9)12/h2-4,7,15H,5-6H2,1H3,(H,13,16). The van der Waals surface area contributed by atoms with Crippen LogP contribution in [0.4, 0.5) is 5.69 Å². The molecule has 1 amide bonds. The highest BCUT2D eigenvalue weighted by atomic mass is 35.5. The first-order valence-electron chi connectivity index (χ1n) is 5.28. The number of non-ortho nitro benzene ring substituents is 1. The maximum Gasteiger partial charge on any atom is 0.270 e. The summed E-state index contributed by atoms with van der Waals surface area (Å²) < 4.78 is 0. The lowest BCUT2D eigenvalue weighted by molar-refractivity contribution is -0.384. The second-order valence-electron chi connectivity index (χ2n) is 3.92. The fourth-order valence-electron chi connectivity index (χ4n) is 1.23. The molecule has 7 heteroatoms. The number of hydrogen-bond donors (Lipinski definition) is 2. The molecule has 1 unspecified atom stereocenters. The molecular weight excluding hydrogens is 260 g/mol. The number of aliphatic hydroxyl groups excluding tert-OH is 1. The number of amides is 1. The number of nitro benzene ring substituents is 1. The molecule has 1 aromatic rings. The Kier molecular flexibility index (Phi) is 5.06. The molecule has 0 aliphatic heterocycles. The van der Waals surface area contributed by atoms with E-state index in [1.54, 1.807) is 6.92 Å². The molecule has 0 saturated carbocycles. The van der Waals surface area contributed by atoms with Gasteiger partial charge >= 0.3 is 0 Å². The number of hydrogen-bond acceptors (Lipinski definition) is 4. The highest BCUT2D eigenvalue weighted by molar-refractivity contribution is 6.34. The van der Waals surface area contributed by atoms with Gasteiger partial charge in [0.1, 0.15) is 0 Å². The molecule has 0 aromatic heterocycles. The summed E-state index contributed by atoms with van der Waals surface area (Å²) in [6.45, 7) is 2.05. The first-order valence-corrected chi connectivity index (χ1v) is 5.66. The fraction of sp³-hybridized carbons (Fsp3) is 0.364. The van der Waals surface area contributed by atoms with Crippen molar-refractivity contribution in [1.29, 1.82) is 0 Å². The number of nitro groups is 1. The fourth-order valence-corrected chi connectivity index (χ4v) is 1.49. The Hall–Kier alpha value is -1.66. The van der Waals surface area contributed by atoms with Crippen LogP contribution in [0.25, 0.3) is 0 Å². The largest absolute Gasteiger partial charge is 0.396 e. The number of halogens is 1. The van der Waals surface area contributed by atoms with E-state index in [4.69, 9.17) is 16.7 Å². The number of nitrogens with zero attached hydrogens (tertiary/aromatic N) is 1. The minimum Gasteiger partial charge on any atom is -0.396 e. The quantitative estimate of drug-likeness (QED) is 0.629. The van der Waals surface area contributed by atoms with Crippen molar-refractivity contribution in [3.63, 3.8) is 0 Å². The van der Waals surface area contributed by atoms with E-state index in [1.165, 1.54) is 12.1 Å². The zero-order chi connectivity index (χ0) is 13.7. The van der Waals surface area contributed by atoms with Crippen molar-refractivity contribution in [2.45, 2.75) is 6.92 Å². The van der Waals surface area contributed by atoms with Gasteiger partial charge in [-0.2, -0.15) is 0 Å². The molecule has 0 radical (unpaired) electrons. The maximum absolute atomic E-state index is 11.7. The molecule has 0 fully saturated rings. The van der Waals surface area contributed by atoms with Crippen molar-refractivity contribution in [3.05, 3.63) is 38.9 Å². The van der Waals surface area contributed by atoms with Crippen LogP contribution in [0.1, 0.15) is 17.3 Å². The number of carbonyl (C=O) groups excluding carboxylic acids is 1. The maximum atomic E-state index is 11.7. The van der Waals surface area contributed by atoms with E-state index in [-0.39, 0.29) is 28.8 Å². The monoisotopic (exact) mass is 272 g/mol. The van der Waals surface area contributed by atoms with Gasteiger partial charge in [0.05, 0.1) is 15.5 Å². The lowest BCUT2D eigenvalue weighted by Crippen LogP contribution is -2.29. The van der Waals surface area contributed by atoms with Gasteiger partial charge in [-0.1, -0.05) is 18.5 Å². The SMILES string of the molecule is CC(CO)CNC(=O)c1ccc([N+](=O)[O-])cc1Cl. The molecule has 98 valence electrons. The van der Waals surface area contributed by atoms with Crippen LogP contribution in [0.2, 0.25) is 5.02 Å². The highest BCUT2D eigenvalue weighted by Crippen LogP contribution is 2.22. The predicted octanol–water partition coefficient (Wildman–Crippen LogP) is 1.61. The van der Waals surface area contributed by atoms with E-state index in [0.717, 1.165) is 6.07 Å². The normalized spacial score (nSPS) is 11.9. The van der Waals surface area contributed by atoms with Gasteiger partial charge in [-0.05, 0) is 12.0 Å². The third kappa shape index (κ3) is 3.68. The summed E-state index contributed by atoms with van der Waals surface area (Å²) >= 11 is 5.80. The van der Waals surface area contributed by atoms with Gasteiger partial charge in [-0.25, -0.2) is 0 Å². The van der Waals surface area contributed by atoms with Crippen molar-refractivity contribution in [2.75, 3.05) is 13.2 Å². The molecule has 0 saturated heterocycles. The van der Waals surface area contributed by atoms with Crippen molar-refractivity contribution >= 4 is 23.2 Å². The summed E-state index contributed by atoms with van der Waals surface area (Å²) in [6, 6.07) is 3.65. The summed E-state index contributed by atoms with van der Waals surface area (Å²) in [6.07, 6.45) is 0. The average Bonchev–Trinajstić information content (AvgIpc) is 2.35. The third-order valence-corrected chi connectivity index (χ3v) is 2.64. The lowest BCUT2D eigenvalue weighted by Gasteiger charge is -2.10. The summed E-state index contributed by atoms with van der Waals surface area (Å²) in [5.74, 6) is -0.485. The molecule has 18 heavy (non-hydrogen) atoms. The van der Waals surface area contributed by atoms with Gasteiger partial charge in [-0.15, -0.1) is 0 Å². The zero-order valence-electron chi connectivity index (χ0n) is 9.72. The van der Waals surface area contributed by atoms with Crippen LogP contribution in [-0.4, -0.2) is 29.1 Å². The van der Waals surface area contributed by atoms with Crippen LogP contribution in [-0.2, 0) is 0 Å². The Morgan fingerprint density at radius 3 is 2.78 bits per heavy atom. The Morgan fingerprint density at radius 1 is 1.61 bits per heavy atom. The predicted molar refractivity (Wildman–Crippen MR) is 66.7 cm³/mol. The van der Waals surface area contributed by atoms with E-state index < -0.39 is 10.8 Å². The van der Waals surface area contributed by atoms with Crippen LogP contribution in [0.15, 0.2) is 18.2 Å². The number of benzene rings is 1. The van der Waals surface area contributed by atoms with Gasteiger partial charge in [0.15, 0.2) is 0 Å². The Labute approximate surface area is 109 Å². The van der Waals surface area contributed by atoms with Gasteiger partial charge in [-0.3, -0.25) is 14.9 Å². The van der Waals surface area contributed by atoms with Crippen molar-refractivity contribution in [2.24, 2.45) is 5.92 Å². The Morgan fingerprint density at radius 2 is 2.28 bits per heavy atom. The van der Waals surface area contributed by atoms with E-state index in [9.17, 15) is 14.9 Å². The van der Waals surface area contributed by atoms with E-state index in [0.29, 0.717) is 6.54 Å².